The van der Waals surface area contributed by atoms with Crippen LogP contribution in [0.4, 0.5) is 5.82 Å². The summed E-state index contributed by atoms with van der Waals surface area (Å²) >= 11 is 0. The van der Waals surface area contributed by atoms with Gasteiger partial charge in [0, 0.05) is 13.2 Å². The van der Waals surface area contributed by atoms with Gasteiger partial charge >= 0.3 is 0 Å². The van der Waals surface area contributed by atoms with Gasteiger partial charge in [0.25, 0.3) is 0 Å². The second-order valence-electron chi connectivity index (χ2n) is 3.13. The van der Waals surface area contributed by atoms with Crippen LogP contribution in [0.5, 0.6) is 5.88 Å². The van der Waals surface area contributed by atoms with Crippen molar-refractivity contribution in [2.45, 2.75) is 6.92 Å². The number of aromatic nitrogens is 2. The number of ether oxygens (including phenoxy) is 3. The molecule has 16 heavy (non-hydrogen) atoms. The number of methoxy groups -OCH3 is 1. The van der Waals surface area contributed by atoms with Crippen molar-refractivity contribution in [1.29, 1.82) is 0 Å². The zero-order chi connectivity index (χ0) is 11.8. The Hall–Kier alpha value is -1.40. The van der Waals surface area contributed by atoms with E-state index in [1.807, 2.05) is 0 Å². The van der Waals surface area contributed by atoms with Crippen LogP contribution in [0.25, 0.3) is 0 Å². The van der Waals surface area contributed by atoms with Crippen molar-refractivity contribution in [2.24, 2.45) is 0 Å². The van der Waals surface area contributed by atoms with Gasteiger partial charge in [0.2, 0.25) is 5.88 Å². The van der Waals surface area contributed by atoms with Gasteiger partial charge in [-0.05, 0) is 6.92 Å². The van der Waals surface area contributed by atoms with Crippen LogP contribution in [-0.4, -0.2) is 43.5 Å². The molecule has 0 amide bonds. The molecule has 0 aromatic carbocycles. The molecule has 0 saturated heterocycles. The first-order chi connectivity index (χ1) is 7.72. The molecule has 0 fully saturated rings. The number of rotatable bonds is 7. The van der Waals surface area contributed by atoms with Crippen LogP contribution in [0.3, 0.4) is 0 Å². The minimum Gasteiger partial charge on any atom is -0.475 e. The second-order valence-corrected chi connectivity index (χ2v) is 3.13. The molecule has 0 aliphatic carbocycles. The van der Waals surface area contributed by atoms with Crippen LogP contribution in [0.1, 0.15) is 5.82 Å². The van der Waals surface area contributed by atoms with E-state index in [-0.39, 0.29) is 0 Å². The van der Waals surface area contributed by atoms with Gasteiger partial charge < -0.3 is 19.9 Å². The van der Waals surface area contributed by atoms with Gasteiger partial charge in [-0.3, -0.25) is 0 Å². The van der Waals surface area contributed by atoms with E-state index in [1.165, 1.54) is 0 Å². The Labute approximate surface area is 94.7 Å². The fourth-order valence-corrected chi connectivity index (χ4v) is 1.09. The second kappa shape index (κ2) is 6.97. The lowest BCUT2D eigenvalue weighted by Gasteiger charge is -2.07. The fraction of sp³-hybridized carbons (Fsp3) is 0.600. The van der Waals surface area contributed by atoms with E-state index in [9.17, 15) is 0 Å². The Morgan fingerprint density at radius 3 is 2.62 bits per heavy atom. The average molecular weight is 227 g/mol. The van der Waals surface area contributed by atoms with Crippen LogP contribution in [0.2, 0.25) is 0 Å². The normalized spacial score (nSPS) is 10.4. The number of nitrogens with zero attached hydrogens (tertiary/aromatic N) is 2. The molecule has 2 N–H and O–H groups in total. The maximum Gasteiger partial charge on any atom is 0.218 e. The van der Waals surface area contributed by atoms with Crippen molar-refractivity contribution in [1.82, 2.24) is 9.97 Å². The number of hydrogen-bond acceptors (Lipinski definition) is 6. The topological polar surface area (TPSA) is 79.5 Å². The summed E-state index contributed by atoms with van der Waals surface area (Å²) in [5.74, 6) is 1.47. The molecule has 0 aliphatic rings. The number of anilines is 1. The lowest BCUT2D eigenvalue weighted by Crippen LogP contribution is -2.11. The van der Waals surface area contributed by atoms with Gasteiger partial charge in [0.1, 0.15) is 18.2 Å². The SMILES string of the molecule is COCCOCCOc1cc(N)nc(C)n1. The standard InChI is InChI=1S/C10H17N3O3/c1-8-12-9(11)7-10(13-8)16-6-5-15-4-3-14-2/h7H,3-6H2,1-2H3,(H2,11,12,13). The predicted molar refractivity (Wildman–Crippen MR) is 59.4 cm³/mol. The first-order valence-electron chi connectivity index (χ1n) is 5.03. The maximum atomic E-state index is 5.55. The number of nitrogen functional groups attached to an aromatic ring is 1. The molecule has 1 aromatic heterocycles. The van der Waals surface area contributed by atoms with E-state index in [0.29, 0.717) is 43.9 Å². The van der Waals surface area contributed by atoms with Crippen LogP contribution in [0.15, 0.2) is 6.07 Å². The number of aryl methyl sites for hydroxylation is 1. The van der Waals surface area contributed by atoms with Gasteiger partial charge in [0.15, 0.2) is 0 Å². The minimum atomic E-state index is 0.405. The highest BCUT2D eigenvalue weighted by Crippen LogP contribution is 2.09. The maximum absolute atomic E-state index is 5.55. The summed E-state index contributed by atoms with van der Waals surface area (Å²) in [4.78, 5) is 8.02. The molecule has 0 bridgehead atoms. The Kier molecular flexibility index (Phi) is 5.52. The van der Waals surface area contributed by atoms with E-state index in [2.05, 4.69) is 9.97 Å². The van der Waals surface area contributed by atoms with Crippen molar-refractivity contribution in [3.05, 3.63) is 11.9 Å². The predicted octanol–water partition coefficient (Wildman–Crippen LogP) is 0.409. The van der Waals surface area contributed by atoms with E-state index in [1.54, 1.807) is 20.1 Å². The summed E-state index contributed by atoms with van der Waals surface area (Å²) in [5.41, 5.74) is 5.55. The van der Waals surface area contributed by atoms with Crippen LogP contribution >= 0.6 is 0 Å². The lowest BCUT2D eigenvalue weighted by atomic mass is 10.5. The van der Waals surface area contributed by atoms with Gasteiger partial charge in [-0.15, -0.1) is 0 Å². The molecule has 1 rings (SSSR count). The summed E-state index contributed by atoms with van der Waals surface area (Å²) in [6.45, 7) is 3.83. The Morgan fingerprint density at radius 1 is 1.19 bits per heavy atom. The van der Waals surface area contributed by atoms with Crippen molar-refractivity contribution in [2.75, 3.05) is 39.3 Å². The monoisotopic (exact) mass is 227 g/mol. The van der Waals surface area contributed by atoms with Gasteiger partial charge in [-0.2, -0.15) is 4.98 Å². The van der Waals surface area contributed by atoms with E-state index in [0.717, 1.165) is 0 Å². The average Bonchev–Trinajstić information content (AvgIpc) is 2.22. The molecule has 90 valence electrons. The Bertz CT molecular complexity index is 300. The van der Waals surface area contributed by atoms with Crippen molar-refractivity contribution < 1.29 is 14.2 Å². The molecule has 0 saturated carbocycles. The number of nitrogens with two attached hydrogens (primary N) is 1. The zero-order valence-electron chi connectivity index (χ0n) is 9.60. The molecule has 1 heterocycles. The third-order valence-corrected chi connectivity index (χ3v) is 1.74. The van der Waals surface area contributed by atoms with Gasteiger partial charge in [-0.1, -0.05) is 0 Å². The quantitative estimate of drug-likeness (QED) is 0.679. The highest BCUT2D eigenvalue weighted by Gasteiger charge is 1.99. The third-order valence-electron chi connectivity index (χ3n) is 1.74. The molecule has 6 nitrogen and oxygen atoms in total. The highest BCUT2D eigenvalue weighted by molar-refractivity contribution is 5.32. The summed E-state index contributed by atoms with van der Waals surface area (Å²) in [6.07, 6.45) is 0. The Balaban J connectivity index is 2.21. The van der Waals surface area contributed by atoms with E-state index >= 15 is 0 Å². The summed E-state index contributed by atoms with van der Waals surface area (Å²) in [7, 11) is 1.63. The van der Waals surface area contributed by atoms with Crippen molar-refractivity contribution >= 4 is 5.82 Å². The van der Waals surface area contributed by atoms with Crippen LogP contribution < -0.4 is 10.5 Å². The molecule has 0 radical (unpaired) electrons. The van der Waals surface area contributed by atoms with Crippen molar-refractivity contribution in [3.63, 3.8) is 0 Å². The van der Waals surface area contributed by atoms with Crippen molar-refractivity contribution in [3.8, 4) is 5.88 Å². The first-order valence-corrected chi connectivity index (χ1v) is 5.03. The fourth-order valence-electron chi connectivity index (χ4n) is 1.09. The van der Waals surface area contributed by atoms with Gasteiger partial charge in [0.05, 0.1) is 19.8 Å². The molecular formula is C10H17N3O3. The third kappa shape index (κ3) is 4.90. The smallest absolute Gasteiger partial charge is 0.218 e. The molecule has 0 unspecified atom stereocenters. The van der Waals surface area contributed by atoms with Crippen LogP contribution in [0, 0.1) is 6.92 Å². The summed E-state index contributed by atoms with van der Waals surface area (Å²) in [6, 6.07) is 1.59. The molecule has 0 atom stereocenters. The molecule has 6 heteroatoms. The molecule has 0 aliphatic heterocycles. The zero-order valence-corrected chi connectivity index (χ0v) is 9.60. The number of hydrogen-bond donors (Lipinski definition) is 1. The van der Waals surface area contributed by atoms with Gasteiger partial charge in [-0.25, -0.2) is 4.98 Å². The lowest BCUT2D eigenvalue weighted by molar-refractivity contribution is 0.0536. The Morgan fingerprint density at radius 2 is 1.94 bits per heavy atom. The van der Waals surface area contributed by atoms with E-state index in [4.69, 9.17) is 19.9 Å². The van der Waals surface area contributed by atoms with Crippen LogP contribution in [-0.2, 0) is 9.47 Å². The molecule has 1 aromatic rings. The molecule has 0 spiro atoms. The highest BCUT2D eigenvalue weighted by atomic mass is 16.5. The minimum absolute atomic E-state index is 0.405. The summed E-state index contributed by atoms with van der Waals surface area (Å²) < 4.78 is 15.4. The van der Waals surface area contributed by atoms with E-state index < -0.39 is 0 Å². The summed E-state index contributed by atoms with van der Waals surface area (Å²) in [5, 5.41) is 0. The molecular weight excluding hydrogens is 210 g/mol. The first kappa shape index (κ1) is 12.7. The largest absolute Gasteiger partial charge is 0.475 e.